The lowest BCUT2D eigenvalue weighted by Gasteiger charge is -2.33. The topological polar surface area (TPSA) is 52.3 Å². The summed E-state index contributed by atoms with van der Waals surface area (Å²) < 4.78 is 4.81. The van der Waals surface area contributed by atoms with Crippen molar-refractivity contribution < 1.29 is 9.53 Å². The van der Waals surface area contributed by atoms with Gasteiger partial charge in [0, 0.05) is 21.2 Å². The van der Waals surface area contributed by atoms with Crippen molar-refractivity contribution in [1.82, 2.24) is 0 Å². The molecule has 1 aromatic heterocycles. The molecule has 4 heteroatoms. The van der Waals surface area contributed by atoms with E-state index in [0.29, 0.717) is 6.42 Å². The van der Waals surface area contributed by atoms with E-state index in [0.717, 1.165) is 12.8 Å². The zero-order valence-electron chi connectivity index (χ0n) is 11.7. The summed E-state index contributed by atoms with van der Waals surface area (Å²) in [4.78, 5) is 14.1. The van der Waals surface area contributed by atoms with Gasteiger partial charge in [-0.3, -0.25) is 4.79 Å². The monoisotopic (exact) mass is 269 g/mol. The average Bonchev–Trinajstić information content (AvgIpc) is 2.86. The third kappa shape index (κ3) is 3.12. The summed E-state index contributed by atoms with van der Waals surface area (Å²) in [5.41, 5.74) is 5.90. The molecule has 0 aliphatic rings. The van der Waals surface area contributed by atoms with Crippen molar-refractivity contribution in [2.75, 3.05) is 7.11 Å². The van der Waals surface area contributed by atoms with E-state index < -0.39 is 0 Å². The average molecular weight is 269 g/mol. The highest BCUT2D eigenvalue weighted by atomic mass is 32.1. The van der Waals surface area contributed by atoms with E-state index in [9.17, 15) is 4.79 Å². The number of aryl methyl sites for hydroxylation is 1. The molecule has 0 saturated heterocycles. The second-order valence-electron chi connectivity index (χ2n) is 4.80. The van der Waals surface area contributed by atoms with Gasteiger partial charge in [0.1, 0.15) is 0 Å². The minimum atomic E-state index is -0.333. The molecule has 1 heterocycles. The maximum Gasteiger partial charge on any atom is 0.306 e. The maximum absolute atomic E-state index is 11.6. The van der Waals surface area contributed by atoms with Crippen LogP contribution in [-0.4, -0.2) is 19.1 Å². The summed E-state index contributed by atoms with van der Waals surface area (Å²) in [6, 6.07) is 4.18. The van der Waals surface area contributed by atoms with Crippen LogP contribution in [0.4, 0.5) is 0 Å². The first-order valence-electron chi connectivity index (χ1n) is 6.39. The summed E-state index contributed by atoms with van der Waals surface area (Å²) in [6.07, 6.45) is 2.19. The van der Waals surface area contributed by atoms with Gasteiger partial charge in [0.25, 0.3) is 0 Å². The minimum absolute atomic E-state index is 0.0417. The van der Waals surface area contributed by atoms with E-state index in [1.165, 1.54) is 16.9 Å². The zero-order chi connectivity index (χ0) is 13.8. The Bertz CT molecular complexity index is 402. The van der Waals surface area contributed by atoms with Crippen LogP contribution in [0.5, 0.6) is 0 Å². The van der Waals surface area contributed by atoms with Crippen molar-refractivity contribution in [3.05, 3.63) is 21.9 Å². The molecule has 0 bridgehead atoms. The largest absolute Gasteiger partial charge is 0.469 e. The number of thiophene rings is 1. The van der Waals surface area contributed by atoms with E-state index in [2.05, 4.69) is 32.9 Å². The van der Waals surface area contributed by atoms with Gasteiger partial charge in [0.15, 0.2) is 0 Å². The van der Waals surface area contributed by atoms with E-state index in [1.54, 1.807) is 11.3 Å². The lowest BCUT2D eigenvalue weighted by molar-refractivity contribution is -0.142. The van der Waals surface area contributed by atoms with E-state index in [1.807, 2.05) is 0 Å². The first-order valence-corrected chi connectivity index (χ1v) is 7.21. The van der Waals surface area contributed by atoms with Gasteiger partial charge in [0.05, 0.1) is 13.5 Å². The Labute approximate surface area is 113 Å². The van der Waals surface area contributed by atoms with Crippen LogP contribution in [0.1, 0.15) is 43.4 Å². The van der Waals surface area contributed by atoms with Crippen LogP contribution < -0.4 is 5.73 Å². The first-order chi connectivity index (χ1) is 8.47. The molecule has 0 spiro atoms. The predicted octanol–water partition coefficient (Wildman–Crippen LogP) is 2.87. The van der Waals surface area contributed by atoms with Crippen LogP contribution in [0, 0.1) is 0 Å². The van der Waals surface area contributed by atoms with Crippen LogP contribution in [0.25, 0.3) is 0 Å². The fourth-order valence-corrected chi connectivity index (χ4v) is 3.25. The number of methoxy groups -OCH3 is 1. The van der Waals surface area contributed by atoms with Crippen molar-refractivity contribution in [3.63, 3.8) is 0 Å². The third-order valence-corrected chi connectivity index (χ3v) is 5.08. The SMILES string of the molecule is CCc1ccc(C(C)(CC(=O)OC)C(N)CC)s1. The van der Waals surface area contributed by atoms with Crippen molar-refractivity contribution in [2.24, 2.45) is 5.73 Å². The number of ether oxygens (including phenoxy) is 1. The number of esters is 1. The lowest BCUT2D eigenvalue weighted by Crippen LogP contribution is -2.44. The summed E-state index contributed by atoms with van der Waals surface area (Å²) in [5, 5.41) is 0. The molecule has 0 fully saturated rings. The molecule has 0 aromatic carbocycles. The highest BCUT2D eigenvalue weighted by Gasteiger charge is 2.36. The fourth-order valence-electron chi connectivity index (χ4n) is 2.10. The van der Waals surface area contributed by atoms with Crippen molar-refractivity contribution in [3.8, 4) is 0 Å². The van der Waals surface area contributed by atoms with Crippen LogP contribution in [0.3, 0.4) is 0 Å². The number of rotatable bonds is 6. The Morgan fingerprint density at radius 1 is 1.50 bits per heavy atom. The molecule has 0 aliphatic carbocycles. The quantitative estimate of drug-likeness (QED) is 0.808. The molecule has 1 aromatic rings. The summed E-state index contributed by atoms with van der Waals surface area (Å²) in [5.74, 6) is -0.201. The molecule has 2 N–H and O–H groups in total. The van der Waals surface area contributed by atoms with Gasteiger partial charge in [-0.05, 0) is 25.0 Å². The Balaban J connectivity index is 3.06. The molecule has 0 saturated carbocycles. The first kappa shape index (κ1) is 15.2. The number of hydrogen-bond donors (Lipinski definition) is 1. The Morgan fingerprint density at radius 2 is 2.17 bits per heavy atom. The number of hydrogen-bond acceptors (Lipinski definition) is 4. The van der Waals surface area contributed by atoms with Crippen LogP contribution in [0.2, 0.25) is 0 Å². The van der Waals surface area contributed by atoms with Gasteiger partial charge in [-0.1, -0.05) is 20.8 Å². The Morgan fingerprint density at radius 3 is 2.61 bits per heavy atom. The standard InChI is InChI=1S/C14H23NO2S/c1-5-10-7-8-12(18-10)14(3,11(15)6-2)9-13(16)17-4/h7-8,11H,5-6,9,15H2,1-4H3. The van der Waals surface area contributed by atoms with Gasteiger partial charge in [-0.25, -0.2) is 0 Å². The molecular formula is C14H23NO2S. The van der Waals surface area contributed by atoms with Crippen LogP contribution in [-0.2, 0) is 21.4 Å². The smallest absolute Gasteiger partial charge is 0.306 e. The fraction of sp³-hybridized carbons (Fsp3) is 0.643. The van der Waals surface area contributed by atoms with E-state index in [4.69, 9.17) is 10.5 Å². The molecule has 1 rings (SSSR count). The van der Waals surface area contributed by atoms with Gasteiger partial charge >= 0.3 is 5.97 Å². The molecule has 0 aliphatic heterocycles. The second-order valence-corrected chi connectivity index (χ2v) is 5.97. The Kier molecular flexibility index (Phi) is 5.35. The molecule has 0 amide bonds. The number of nitrogens with two attached hydrogens (primary N) is 1. The molecule has 18 heavy (non-hydrogen) atoms. The molecule has 3 nitrogen and oxygen atoms in total. The van der Waals surface area contributed by atoms with Crippen LogP contribution in [0.15, 0.2) is 12.1 Å². The molecule has 0 radical (unpaired) electrons. The maximum atomic E-state index is 11.6. The highest BCUT2D eigenvalue weighted by molar-refractivity contribution is 7.12. The van der Waals surface area contributed by atoms with Gasteiger partial charge < -0.3 is 10.5 Å². The summed E-state index contributed by atoms with van der Waals surface area (Å²) in [6.45, 7) is 6.24. The second kappa shape index (κ2) is 6.34. The van der Waals surface area contributed by atoms with Crippen LogP contribution >= 0.6 is 11.3 Å². The van der Waals surface area contributed by atoms with Crippen molar-refractivity contribution >= 4 is 17.3 Å². The minimum Gasteiger partial charge on any atom is -0.469 e. The normalized spacial score (nSPS) is 16.1. The van der Waals surface area contributed by atoms with Gasteiger partial charge in [-0.2, -0.15) is 0 Å². The number of carbonyl (C=O) groups excluding carboxylic acids is 1. The molecule has 102 valence electrons. The molecule has 2 atom stereocenters. The predicted molar refractivity (Wildman–Crippen MR) is 75.9 cm³/mol. The van der Waals surface area contributed by atoms with Gasteiger partial charge in [0.2, 0.25) is 0 Å². The highest BCUT2D eigenvalue weighted by Crippen LogP contribution is 2.37. The van der Waals surface area contributed by atoms with Gasteiger partial charge in [-0.15, -0.1) is 11.3 Å². The van der Waals surface area contributed by atoms with E-state index in [-0.39, 0.29) is 17.4 Å². The number of carbonyl (C=O) groups is 1. The molecule has 2 unspecified atom stereocenters. The van der Waals surface area contributed by atoms with Crippen molar-refractivity contribution in [2.45, 2.75) is 51.5 Å². The summed E-state index contributed by atoms with van der Waals surface area (Å²) >= 11 is 1.75. The zero-order valence-corrected chi connectivity index (χ0v) is 12.5. The third-order valence-electron chi connectivity index (χ3n) is 3.57. The molecular weight excluding hydrogens is 246 g/mol. The van der Waals surface area contributed by atoms with E-state index >= 15 is 0 Å². The Hall–Kier alpha value is -0.870. The summed E-state index contributed by atoms with van der Waals surface area (Å²) in [7, 11) is 1.42. The van der Waals surface area contributed by atoms with Crippen molar-refractivity contribution in [1.29, 1.82) is 0 Å². The lowest BCUT2D eigenvalue weighted by atomic mass is 9.77.